The summed E-state index contributed by atoms with van der Waals surface area (Å²) in [6.07, 6.45) is 3.18. The SMILES string of the molecule is CC(Cn1nnnc1C1CCCc2ccccc21)C(=O)O. The first kappa shape index (κ1) is 13.7. The third kappa shape index (κ3) is 2.66. The molecule has 3 rings (SSSR count). The lowest BCUT2D eigenvalue weighted by Gasteiger charge is -2.24. The molecule has 0 saturated carbocycles. The van der Waals surface area contributed by atoms with Gasteiger partial charge in [0.2, 0.25) is 0 Å². The Bertz CT molecular complexity index is 653. The van der Waals surface area contributed by atoms with Gasteiger partial charge in [0.25, 0.3) is 0 Å². The van der Waals surface area contributed by atoms with Crippen LogP contribution in [0.3, 0.4) is 0 Å². The summed E-state index contributed by atoms with van der Waals surface area (Å²) < 4.78 is 1.64. The first-order valence-electron chi connectivity index (χ1n) is 7.23. The van der Waals surface area contributed by atoms with E-state index in [0.717, 1.165) is 25.1 Å². The summed E-state index contributed by atoms with van der Waals surface area (Å²) in [5.74, 6) is -0.409. The molecule has 0 spiro atoms. The molecule has 2 unspecified atom stereocenters. The van der Waals surface area contributed by atoms with Crippen molar-refractivity contribution in [3.05, 3.63) is 41.2 Å². The minimum atomic E-state index is -0.833. The molecule has 21 heavy (non-hydrogen) atoms. The monoisotopic (exact) mass is 286 g/mol. The number of nitrogens with zero attached hydrogens (tertiary/aromatic N) is 4. The van der Waals surface area contributed by atoms with Crippen molar-refractivity contribution in [2.45, 2.75) is 38.6 Å². The molecule has 6 heteroatoms. The predicted octanol–water partition coefficient (Wildman–Crippen LogP) is 1.86. The summed E-state index contributed by atoms with van der Waals surface area (Å²) in [6, 6.07) is 8.36. The number of carbonyl (C=O) groups is 1. The Kier molecular flexibility index (Phi) is 3.68. The molecule has 2 atom stereocenters. The molecule has 0 aliphatic heterocycles. The van der Waals surface area contributed by atoms with E-state index in [-0.39, 0.29) is 5.92 Å². The molecule has 0 fully saturated rings. The van der Waals surface area contributed by atoms with Gasteiger partial charge < -0.3 is 5.11 Å². The number of hydrogen-bond acceptors (Lipinski definition) is 4. The van der Waals surface area contributed by atoms with Crippen LogP contribution in [0.2, 0.25) is 0 Å². The molecule has 1 N–H and O–H groups in total. The molecular weight excluding hydrogens is 268 g/mol. The van der Waals surface area contributed by atoms with Crippen molar-refractivity contribution >= 4 is 5.97 Å². The number of rotatable bonds is 4. The first-order valence-corrected chi connectivity index (χ1v) is 7.23. The Morgan fingerprint density at radius 2 is 2.29 bits per heavy atom. The highest BCUT2D eigenvalue weighted by atomic mass is 16.4. The van der Waals surface area contributed by atoms with Crippen molar-refractivity contribution in [1.82, 2.24) is 20.2 Å². The summed E-state index contributed by atoms with van der Waals surface area (Å²) in [7, 11) is 0. The molecule has 2 aromatic rings. The van der Waals surface area contributed by atoms with Crippen LogP contribution >= 0.6 is 0 Å². The standard InChI is InChI=1S/C15H18N4O2/c1-10(15(20)21)9-19-14(16-17-18-19)13-8-4-6-11-5-2-3-7-12(11)13/h2-3,5,7,10,13H,4,6,8-9H2,1H3,(H,20,21). The lowest BCUT2D eigenvalue weighted by Crippen LogP contribution is -2.22. The number of aliphatic carboxylic acids is 1. The molecule has 0 bridgehead atoms. The number of carboxylic acids is 1. The zero-order valence-corrected chi connectivity index (χ0v) is 11.9. The van der Waals surface area contributed by atoms with E-state index in [1.165, 1.54) is 11.1 Å². The topological polar surface area (TPSA) is 80.9 Å². The van der Waals surface area contributed by atoms with Gasteiger partial charge in [-0.15, -0.1) is 5.10 Å². The van der Waals surface area contributed by atoms with E-state index in [2.05, 4.69) is 33.7 Å². The number of benzene rings is 1. The van der Waals surface area contributed by atoms with E-state index < -0.39 is 11.9 Å². The second-order valence-corrected chi connectivity index (χ2v) is 5.60. The first-order chi connectivity index (χ1) is 10.2. The third-order valence-corrected chi connectivity index (χ3v) is 4.11. The Labute approximate surface area is 122 Å². The summed E-state index contributed by atoms with van der Waals surface area (Å²) in [5.41, 5.74) is 2.61. The maximum absolute atomic E-state index is 11.0. The largest absolute Gasteiger partial charge is 0.481 e. The summed E-state index contributed by atoms with van der Waals surface area (Å²) in [4.78, 5) is 11.0. The maximum Gasteiger partial charge on any atom is 0.308 e. The number of fused-ring (bicyclic) bond motifs is 1. The average molecular weight is 286 g/mol. The van der Waals surface area contributed by atoms with Crippen molar-refractivity contribution in [3.8, 4) is 0 Å². The highest BCUT2D eigenvalue weighted by Crippen LogP contribution is 2.35. The van der Waals surface area contributed by atoms with Crippen molar-refractivity contribution in [1.29, 1.82) is 0 Å². The van der Waals surface area contributed by atoms with Crippen molar-refractivity contribution in [2.75, 3.05) is 0 Å². The quantitative estimate of drug-likeness (QED) is 0.927. The van der Waals surface area contributed by atoms with Crippen LogP contribution < -0.4 is 0 Å². The van der Waals surface area contributed by atoms with E-state index in [9.17, 15) is 4.79 Å². The Morgan fingerprint density at radius 1 is 1.48 bits per heavy atom. The molecule has 1 aromatic carbocycles. The minimum Gasteiger partial charge on any atom is -0.481 e. The Hall–Kier alpha value is -2.24. The number of carboxylic acid groups (broad SMARTS) is 1. The fourth-order valence-electron chi connectivity index (χ4n) is 2.95. The van der Waals surface area contributed by atoms with Crippen LogP contribution in [0.1, 0.15) is 42.6 Å². The lowest BCUT2D eigenvalue weighted by molar-refractivity contribution is -0.141. The van der Waals surface area contributed by atoms with E-state index in [0.29, 0.717) is 6.54 Å². The van der Waals surface area contributed by atoms with Crippen molar-refractivity contribution in [3.63, 3.8) is 0 Å². The van der Waals surface area contributed by atoms with E-state index in [1.54, 1.807) is 11.6 Å². The second-order valence-electron chi connectivity index (χ2n) is 5.60. The molecule has 0 amide bonds. The molecule has 1 heterocycles. The maximum atomic E-state index is 11.0. The van der Waals surface area contributed by atoms with E-state index in [4.69, 9.17) is 5.11 Å². The number of aromatic nitrogens is 4. The minimum absolute atomic E-state index is 0.158. The van der Waals surface area contributed by atoms with Crippen LogP contribution in [-0.2, 0) is 17.8 Å². The van der Waals surface area contributed by atoms with Crippen LogP contribution in [0, 0.1) is 5.92 Å². The van der Waals surface area contributed by atoms with Gasteiger partial charge in [-0.2, -0.15) is 0 Å². The third-order valence-electron chi connectivity index (χ3n) is 4.11. The average Bonchev–Trinajstić information content (AvgIpc) is 2.94. The molecule has 1 aliphatic rings. The Balaban J connectivity index is 1.92. The number of hydrogen-bond donors (Lipinski definition) is 1. The summed E-state index contributed by atoms with van der Waals surface area (Å²) in [6.45, 7) is 1.97. The van der Waals surface area contributed by atoms with Crippen LogP contribution in [0.25, 0.3) is 0 Å². The fraction of sp³-hybridized carbons (Fsp3) is 0.467. The van der Waals surface area contributed by atoms with Gasteiger partial charge >= 0.3 is 5.97 Å². The van der Waals surface area contributed by atoms with Gasteiger partial charge in [-0.25, -0.2) is 4.68 Å². The fourth-order valence-corrected chi connectivity index (χ4v) is 2.95. The van der Waals surface area contributed by atoms with Gasteiger partial charge in [0.05, 0.1) is 12.5 Å². The smallest absolute Gasteiger partial charge is 0.308 e. The second kappa shape index (κ2) is 5.63. The van der Waals surface area contributed by atoms with Crippen LogP contribution in [0.4, 0.5) is 0 Å². The van der Waals surface area contributed by atoms with Gasteiger partial charge in [0.15, 0.2) is 5.82 Å². The molecule has 0 saturated heterocycles. The zero-order chi connectivity index (χ0) is 14.8. The summed E-state index contributed by atoms with van der Waals surface area (Å²) in [5, 5.41) is 20.9. The lowest BCUT2D eigenvalue weighted by atomic mass is 9.82. The normalized spacial score (nSPS) is 19.0. The number of aryl methyl sites for hydroxylation is 1. The molecular formula is C15H18N4O2. The number of tetrazole rings is 1. The molecule has 0 radical (unpaired) electrons. The molecule has 6 nitrogen and oxygen atoms in total. The van der Waals surface area contributed by atoms with Gasteiger partial charge in [-0.05, 0) is 40.8 Å². The van der Waals surface area contributed by atoms with Crippen LogP contribution in [-0.4, -0.2) is 31.3 Å². The van der Waals surface area contributed by atoms with E-state index >= 15 is 0 Å². The van der Waals surface area contributed by atoms with Crippen molar-refractivity contribution < 1.29 is 9.90 Å². The van der Waals surface area contributed by atoms with Gasteiger partial charge in [0.1, 0.15) is 0 Å². The Morgan fingerprint density at radius 3 is 3.10 bits per heavy atom. The molecule has 1 aromatic heterocycles. The van der Waals surface area contributed by atoms with Crippen molar-refractivity contribution in [2.24, 2.45) is 5.92 Å². The van der Waals surface area contributed by atoms with Gasteiger partial charge in [-0.1, -0.05) is 31.2 Å². The highest BCUT2D eigenvalue weighted by Gasteiger charge is 2.27. The molecule has 1 aliphatic carbocycles. The summed E-state index contributed by atoms with van der Waals surface area (Å²) >= 11 is 0. The highest BCUT2D eigenvalue weighted by molar-refractivity contribution is 5.69. The van der Waals surface area contributed by atoms with E-state index in [1.807, 2.05) is 6.07 Å². The van der Waals surface area contributed by atoms with Gasteiger partial charge in [0, 0.05) is 5.92 Å². The van der Waals surface area contributed by atoms with Crippen LogP contribution in [0.15, 0.2) is 24.3 Å². The molecule has 110 valence electrons. The zero-order valence-electron chi connectivity index (χ0n) is 11.9. The van der Waals surface area contributed by atoms with Crippen LogP contribution in [0.5, 0.6) is 0 Å². The van der Waals surface area contributed by atoms with Gasteiger partial charge in [-0.3, -0.25) is 4.79 Å². The predicted molar refractivity (Wildman–Crippen MR) is 75.8 cm³/mol.